The first-order valence-corrected chi connectivity index (χ1v) is 7.50. The molecule has 0 saturated carbocycles. The molecule has 116 valence electrons. The van der Waals surface area contributed by atoms with E-state index in [-0.39, 0.29) is 17.6 Å². The van der Waals surface area contributed by atoms with E-state index in [2.05, 4.69) is 26.6 Å². The number of morpholine rings is 1. The van der Waals surface area contributed by atoms with Gasteiger partial charge in [-0.15, -0.1) is 10.2 Å². The highest BCUT2D eigenvalue weighted by Crippen LogP contribution is 2.23. The molecule has 0 aromatic carbocycles. The molecule has 21 heavy (non-hydrogen) atoms. The average Bonchev–Trinajstić information content (AvgIpc) is 2.90. The first-order chi connectivity index (χ1) is 9.96. The van der Waals surface area contributed by atoms with E-state index in [1.165, 1.54) is 0 Å². The molecule has 1 saturated heterocycles. The lowest BCUT2D eigenvalue weighted by atomic mass is 10.1. The lowest BCUT2D eigenvalue weighted by Gasteiger charge is -2.40. The number of carbonyl (C=O) groups is 1. The summed E-state index contributed by atoms with van der Waals surface area (Å²) in [5.74, 6) is 1.11. The molecule has 3 heterocycles. The highest BCUT2D eigenvalue weighted by Gasteiger charge is 2.33. The van der Waals surface area contributed by atoms with E-state index >= 15 is 0 Å². The summed E-state index contributed by atoms with van der Waals surface area (Å²) in [6, 6.07) is 0.124. The van der Waals surface area contributed by atoms with Crippen LogP contribution in [0.5, 0.6) is 0 Å². The predicted octanol–water partition coefficient (Wildman–Crippen LogP) is 0.292. The highest BCUT2D eigenvalue weighted by molar-refractivity contribution is 5.78. The van der Waals surface area contributed by atoms with Crippen molar-refractivity contribution in [2.24, 2.45) is 0 Å². The van der Waals surface area contributed by atoms with Crippen molar-refractivity contribution in [2.45, 2.75) is 39.0 Å². The van der Waals surface area contributed by atoms with Crippen LogP contribution >= 0.6 is 0 Å². The van der Waals surface area contributed by atoms with Gasteiger partial charge in [0.15, 0.2) is 0 Å². The van der Waals surface area contributed by atoms with Crippen LogP contribution in [-0.2, 0) is 16.1 Å². The standard InChI is InChI=1S/C14H23N5O2/c1-11-13-16-15-10-19(13)5-4-17(11)8-12(20)18-6-7-21-14(2,3)9-18/h10-11H,4-9H2,1-3H3. The lowest BCUT2D eigenvalue weighted by Crippen LogP contribution is -2.53. The molecule has 7 heteroatoms. The monoisotopic (exact) mass is 293 g/mol. The summed E-state index contributed by atoms with van der Waals surface area (Å²) in [6.45, 7) is 10.2. The van der Waals surface area contributed by atoms with Crippen molar-refractivity contribution < 1.29 is 9.53 Å². The van der Waals surface area contributed by atoms with E-state index in [1.807, 2.05) is 18.7 Å². The molecule has 1 unspecified atom stereocenters. The number of fused-ring (bicyclic) bond motifs is 1. The van der Waals surface area contributed by atoms with Crippen LogP contribution in [0.1, 0.15) is 32.6 Å². The Hall–Kier alpha value is -1.47. The van der Waals surface area contributed by atoms with Gasteiger partial charge in [-0.1, -0.05) is 0 Å². The van der Waals surface area contributed by atoms with Gasteiger partial charge in [-0.25, -0.2) is 0 Å². The summed E-state index contributed by atoms with van der Waals surface area (Å²) in [4.78, 5) is 16.6. The van der Waals surface area contributed by atoms with Crippen LogP contribution in [0.15, 0.2) is 6.33 Å². The number of ether oxygens (including phenoxy) is 1. The van der Waals surface area contributed by atoms with Gasteiger partial charge in [0.05, 0.1) is 24.8 Å². The van der Waals surface area contributed by atoms with Gasteiger partial charge in [-0.3, -0.25) is 9.69 Å². The maximum atomic E-state index is 12.5. The van der Waals surface area contributed by atoms with Crippen LogP contribution in [0, 0.1) is 0 Å². The molecule has 0 radical (unpaired) electrons. The molecule has 0 bridgehead atoms. The second-order valence-corrected chi connectivity index (χ2v) is 6.45. The number of hydrogen-bond acceptors (Lipinski definition) is 5. The van der Waals surface area contributed by atoms with Gasteiger partial charge in [0.2, 0.25) is 5.91 Å². The van der Waals surface area contributed by atoms with E-state index in [1.54, 1.807) is 6.33 Å². The quantitative estimate of drug-likeness (QED) is 0.784. The van der Waals surface area contributed by atoms with Gasteiger partial charge in [0.25, 0.3) is 0 Å². The fourth-order valence-corrected chi connectivity index (χ4v) is 3.07. The Kier molecular flexibility index (Phi) is 3.71. The van der Waals surface area contributed by atoms with Gasteiger partial charge in [0.1, 0.15) is 12.2 Å². The molecule has 1 aromatic rings. The Bertz CT molecular complexity index is 527. The third-order valence-electron chi connectivity index (χ3n) is 4.31. The van der Waals surface area contributed by atoms with Crippen LogP contribution in [0.3, 0.4) is 0 Å². The van der Waals surface area contributed by atoms with Crippen molar-refractivity contribution in [1.82, 2.24) is 24.6 Å². The fourth-order valence-electron chi connectivity index (χ4n) is 3.07. The Morgan fingerprint density at radius 2 is 2.24 bits per heavy atom. The minimum atomic E-state index is -0.248. The van der Waals surface area contributed by atoms with Crippen molar-refractivity contribution in [1.29, 1.82) is 0 Å². The van der Waals surface area contributed by atoms with E-state index in [4.69, 9.17) is 4.74 Å². The van der Waals surface area contributed by atoms with Crippen LogP contribution in [0.2, 0.25) is 0 Å². The Balaban J connectivity index is 1.63. The summed E-state index contributed by atoms with van der Waals surface area (Å²) in [6.07, 6.45) is 1.76. The van der Waals surface area contributed by atoms with Crippen LogP contribution in [-0.4, -0.2) is 68.9 Å². The molecule has 0 spiro atoms. The van der Waals surface area contributed by atoms with Gasteiger partial charge < -0.3 is 14.2 Å². The molecule has 2 aliphatic rings. The van der Waals surface area contributed by atoms with E-state index in [9.17, 15) is 4.79 Å². The van der Waals surface area contributed by atoms with E-state index < -0.39 is 0 Å². The zero-order chi connectivity index (χ0) is 15.0. The maximum Gasteiger partial charge on any atom is 0.236 e. The molecular weight excluding hydrogens is 270 g/mol. The SMILES string of the molecule is CC1c2nncn2CCN1CC(=O)N1CCOC(C)(C)C1. The second-order valence-electron chi connectivity index (χ2n) is 6.45. The molecule has 1 aromatic heterocycles. The van der Waals surface area contributed by atoms with E-state index in [0.29, 0.717) is 26.2 Å². The summed E-state index contributed by atoms with van der Waals surface area (Å²) < 4.78 is 7.72. The fraction of sp³-hybridized carbons (Fsp3) is 0.786. The van der Waals surface area contributed by atoms with Crippen molar-refractivity contribution in [2.75, 3.05) is 32.8 Å². The van der Waals surface area contributed by atoms with Gasteiger partial charge in [0, 0.05) is 26.2 Å². The molecule has 0 N–H and O–H groups in total. The van der Waals surface area contributed by atoms with Crippen molar-refractivity contribution in [3.63, 3.8) is 0 Å². The van der Waals surface area contributed by atoms with Gasteiger partial charge >= 0.3 is 0 Å². The van der Waals surface area contributed by atoms with Crippen LogP contribution < -0.4 is 0 Å². The largest absolute Gasteiger partial charge is 0.372 e. The Labute approximate surface area is 124 Å². The zero-order valence-corrected chi connectivity index (χ0v) is 12.9. The van der Waals surface area contributed by atoms with Crippen molar-refractivity contribution >= 4 is 5.91 Å². The normalized spacial score (nSPS) is 25.7. The number of amides is 1. The highest BCUT2D eigenvalue weighted by atomic mass is 16.5. The van der Waals surface area contributed by atoms with Gasteiger partial charge in [-0.2, -0.15) is 0 Å². The summed E-state index contributed by atoms with van der Waals surface area (Å²) in [5, 5.41) is 8.11. The third-order valence-corrected chi connectivity index (χ3v) is 4.31. The zero-order valence-electron chi connectivity index (χ0n) is 12.9. The van der Waals surface area contributed by atoms with Crippen LogP contribution in [0.4, 0.5) is 0 Å². The third kappa shape index (κ3) is 2.94. The minimum absolute atomic E-state index is 0.124. The molecule has 1 fully saturated rings. The minimum Gasteiger partial charge on any atom is -0.372 e. The summed E-state index contributed by atoms with van der Waals surface area (Å²) in [7, 11) is 0. The number of aromatic nitrogens is 3. The molecular formula is C14H23N5O2. The predicted molar refractivity (Wildman–Crippen MR) is 76.6 cm³/mol. The Morgan fingerprint density at radius 1 is 1.43 bits per heavy atom. The molecule has 1 amide bonds. The molecule has 2 aliphatic heterocycles. The van der Waals surface area contributed by atoms with Gasteiger partial charge in [-0.05, 0) is 20.8 Å². The van der Waals surface area contributed by atoms with Crippen molar-refractivity contribution in [3.8, 4) is 0 Å². The molecule has 3 rings (SSSR count). The first kappa shape index (κ1) is 14.5. The van der Waals surface area contributed by atoms with Crippen molar-refractivity contribution in [3.05, 3.63) is 12.2 Å². The van der Waals surface area contributed by atoms with Crippen LogP contribution in [0.25, 0.3) is 0 Å². The average molecular weight is 293 g/mol. The number of hydrogen-bond donors (Lipinski definition) is 0. The number of nitrogens with zero attached hydrogens (tertiary/aromatic N) is 5. The second kappa shape index (κ2) is 5.38. The van der Waals surface area contributed by atoms with E-state index in [0.717, 1.165) is 18.9 Å². The number of rotatable bonds is 2. The lowest BCUT2D eigenvalue weighted by molar-refractivity contribution is -0.147. The first-order valence-electron chi connectivity index (χ1n) is 7.50. The Morgan fingerprint density at radius 3 is 3.00 bits per heavy atom. The molecule has 7 nitrogen and oxygen atoms in total. The maximum absolute atomic E-state index is 12.5. The molecule has 1 atom stereocenters. The topological polar surface area (TPSA) is 63.5 Å². The summed E-state index contributed by atoms with van der Waals surface area (Å²) >= 11 is 0. The summed E-state index contributed by atoms with van der Waals surface area (Å²) in [5.41, 5.74) is -0.248. The smallest absolute Gasteiger partial charge is 0.236 e. The molecule has 0 aliphatic carbocycles. The number of carbonyl (C=O) groups excluding carboxylic acids is 1.